The fourth-order valence-electron chi connectivity index (χ4n) is 0.599. The van der Waals surface area contributed by atoms with E-state index in [1.54, 1.807) is 5.38 Å². The molecule has 2 nitrogen and oxygen atoms in total. The molecule has 0 spiro atoms. The van der Waals surface area contributed by atoms with E-state index in [-0.39, 0.29) is 0 Å². The van der Waals surface area contributed by atoms with Gasteiger partial charge in [0.25, 0.3) is 0 Å². The van der Waals surface area contributed by atoms with Gasteiger partial charge in [0, 0.05) is 17.1 Å². The lowest BCUT2D eigenvalue weighted by Crippen LogP contribution is -1.77. The van der Waals surface area contributed by atoms with E-state index in [1.165, 1.54) is 11.3 Å². The van der Waals surface area contributed by atoms with Crippen LogP contribution in [0.25, 0.3) is 0 Å². The van der Waals surface area contributed by atoms with Gasteiger partial charge in [-0.1, -0.05) is 21.9 Å². The van der Waals surface area contributed by atoms with Crippen molar-refractivity contribution in [3.8, 4) is 11.8 Å². The zero-order chi connectivity index (χ0) is 8.81. The molecule has 0 aliphatic carbocycles. The first-order valence-electron chi connectivity index (χ1n) is 3.32. The summed E-state index contributed by atoms with van der Waals surface area (Å²) in [6.45, 7) is 0. The van der Waals surface area contributed by atoms with Crippen LogP contribution in [-0.4, -0.2) is 16.6 Å². The molecule has 0 fully saturated rings. The van der Waals surface area contributed by atoms with Crippen molar-refractivity contribution < 1.29 is 4.79 Å². The quantitative estimate of drug-likeness (QED) is 0.453. The van der Waals surface area contributed by atoms with Crippen LogP contribution in [0, 0.1) is 11.8 Å². The molecule has 0 atom stereocenters. The van der Waals surface area contributed by atoms with Crippen LogP contribution in [0.1, 0.15) is 21.9 Å². The van der Waals surface area contributed by atoms with Gasteiger partial charge in [0.15, 0.2) is 11.3 Å². The molecule has 4 heteroatoms. The van der Waals surface area contributed by atoms with Gasteiger partial charge in [-0.3, -0.25) is 4.79 Å². The Morgan fingerprint density at radius 2 is 2.58 bits per heavy atom. The highest BCUT2D eigenvalue weighted by Gasteiger charge is 1.95. The second-order valence-electron chi connectivity index (χ2n) is 1.93. The minimum absolute atomic E-state index is 0.484. The van der Waals surface area contributed by atoms with Crippen LogP contribution < -0.4 is 0 Å². The molecule has 0 bridgehead atoms. The fourth-order valence-corrected chi connectivity index (χ4v) is 1.35. The number of nitrogens with zero attached hydrogens (tertiary/aromatic N) is 1. The molecule has 0 N–H and O–H groups in total. The largest absolute Gasteiger partial charge is 0.295 e. The molecule has 1 heterocycles. The number of rotatable bonds is 2. The van der Waals surface area contributed by atoms with Gasteiger partial charge in [-0.15, -0.1) is 11.3 Å². The highest BCUT2D eigenvalue weighted by molar-refractivity contribution is 9.09. The first-order chi connectivity index (χ1) is 5.86. The fraction of sp³-hybridized carbons (Fsp3) is 0.250. The standard InChI is InChI=1S/C8H6BrNOS/c9-4-2-1-3-7-6-12-8(5-11)10-7/h5-6H,2,4H2. The molecule has 12 heavy (non-hydrogen) atoms. The van der Waals surface area contributed by atoms with Crippen molar-refractivity contribution in [3.05, 3.63) is 16.1 Å². The average molecular weight is 244 g/mol. The summed E-state index contributed by atoms with van der Waals surface area (Å²) in [7, 11) is 0. The lowest BCUT2D eigenvalue weighted by Gasteiger charge is -1.76. The minimum atomic E-state index is 0.484. The molecule has 1 aromatic rings. The molecule has 0 unspecified atom stereocenters. The monoisotopic (exact) mass is 243 g/mol. The Bertz CT molecular complexity index is 323. The summed E-state index contributed by atoms with van der Waals surface area (Å²) in [5, 5.41) is 3.13. The maximum absolute atomic E-state index is 10.2. The summed E-state index contributed by atoms with van der Waals surface area (Å²) in [4.78, 5) is 14.2. The van der Waals surface area contributed by atoms with Crippen LogP contribution in [0.2, 0.25) is 0 Å². The summed E-state index contributed by atoms with van der Waals surface area (Å²) in [5.74, 6) is 5.78. The summed E-state index contributed by atoms with van der Waals surface area (Å²) in [6.07, 6.45) is 1.54. The predicted molar refractivity (Wildman–Crippen MR) is 52.8 cm³/mol. The number of thiazole rings is 1. The van der Waals surface area contributed by atoms with E-state index in [2.05, 4.69) is 32.8 Å². The summed E-state index contributed by atoms with van der Waals surface area (Å²) >= 11 is 4.58. The number of carbonyl (C=O) groups is 1. The number of hydrogen-bond acceptors (Lipinski definition) is 3. The molecule has 0 aliphatic heterocycles. The van der Waals surface area contributed by atoms with Gasteiger partial charge in [-0.25, -0.2) is 4.98 Å². The van der Waals surface area contributed by atoms with Crippen LogP contribution in [0.4, 0.5) is 0 Å². The molecular formula is C8H6BrNOS. The Balaban J connectivity index is 2.65. The van der Waals surface area contributed by atoms with Crippen LogP contribution in [0.15, 0.2) is 5.38 Å². The number of hydrogen-bond donors (Lipinski definition) is 0. The minimum Gasteiger partial charge on any atom is -0.295 e. The Morgan fingerprint density at radius 3 is 3.17 bits per heavy atom. The SMILES string of the molecule is O=Cc1nc(C#CCCBr)cs1. The number of halogens is 1. The van der Waals surface area contributed by atoms with Gasteiger partial charge in [-0.2, -0.15) is 0 Å². The van der Waals surface area contributed by atoms with Crippen molar-refractivity contribution in [2.45, 2.75) is 6.42 Å². The topological polar surface area (TPSA) is 30.0 Å². The highest BCUT2D eigenvalue weighted by atomic mass is 79.9. The number of carbonyl (C=O) groups excluding carboxylic acids is 1. The lowest BCUT2D eigenvalue weighted by molar-refractivity contribution is 0.112. The van der Waals surface area contributed by atoms with Crippen LogP contribution >= 0.6 is 27.3 Å². The van der Waals surface area contributed by atoms with Crippen LogP contribution in [0.3, 0.4) is 0 Å². The van der Waals surface area contributed by atoms with Crippen molar-refractivity contribution in [1.82, 2.24) is 4.98 Å². The Hall–Kier alpha value is -0.660. The van der Waals surface area contributed by atoms with Gasteiger partial charge in [0.2, 0.25) is 0 Å². The predicted octanol–water partition coefficient (Wildman–Crippen LogP) is 2.09. The normalized spacial score (nSPS) is 8.75. The third-order valence-corrected chi connectivity index (χ3v) is 2.23. The van der Waals surface area contributed by atoms with E-state index in [9.17, 15) is 4.79 Å². The van der Waals surface area contributed by atoms with Gasteiger partial charge >= 0.3 is 0 Å². The second kappa shape index (κ2) is 5.07. The summed E-state index contributed by atoms with van der Waals surface area (Å²) in [5.41, 5.74) is 0.683. The molecule has 0 aliphatic rings. The second-order valence-corrected chi connectivity index (χ2v) is 3.61. The molecule has 1 rings (SSSR count). The molecule has 0 saturated carbocycles. The van der Waals surface area contributed by atoms with Crippen molar-refractivity contribution in [2.24, 2.45) is 0 Å². The Labute approximate surface area is 83.1 Å². The van der Waals surface area contributed by atoms with Gasteiger partial charge in [0.1, 0.15) is 5.69 Å². The number of alkyl halides is 1. The number of aromatic nitrogens is 1. The molecule has 62 valence electrons. The number of aldehydes is 1. The molecule has 0 amide bonds. The zero-order valence-electron chi connectivity index (χ0n) is 6.21. The lowest BCUT2D eigenvalue weighted by atomic mass is 10.4. The molecule has 0 saturated heterocycles. The van der Waals surface area contributed by atoms with E-state index in [4.69, 9.17) is 0 Å². The third-order valence-electron chi connectivity index (χ3n) is 1.06. The van der Waals surface area contributed by atoms with E-state index >= 15 is 0 Å². The summed E-state index contributed by atoms with van der Waals surface area (Å²) in [6, 6.07) is 0. The van der Waals surface area contributed by atoms with Gasteiger partial charge in [0.05, 0.1) is 0 Å². The van der Waals surface area contributed by atoms with Gasteiger partial charge < -0.3 is 0 Å². The van der Waals surface area contributed by atoms with Crippen LogP contribution in [-0.2, 0) is 0 Å². The Kier molecular flexibility index (Phi) is 3.98. The maximum atomic E-state index is 10.2. The average Bonchev–Trinajstić information content (AvgIpc) is 2.53. The van der Waals surface area contributed by atoms with Crippen molar-refractivity contribution in [3.63, 3.8) is 0 Å². The van der Waals surface area contributed by atoms with Crippen molar-refractivity contribution in [1.29, 1.82) is 0 Å². The molecule has 0 radical (unpaired) electrons. The maximum Gasteiger partial charge on any atom is 0.178 e. The third kappa shape index (κ3) is 2.76. The first-order valence-corrected chi connectivity index (χ1v) is 5.32. The van der Waals surface area contributed by atoms with Crippen molar-refractivity contribution >= 4 is 33.6 Å². The Morgan fingerprint density at radius 1 is 1.75 bits per heavy atom. The van der Waals surface area contributed by atoms with Crippen LogP contribution in [0.5, 0.6) is 0 Å². The smallest absolute Gasteiger partial charge is 0.178 e. The van der Waals surface area contributed by atoms with E-state index in [0.717, 1.165) is 18.0 Å². The zero-order valence-corrected chi connectivity index (χ0v) is 8.61. The molecular weight excluding hydrogens is 238 g/mol. The van der Waals surface area contributed by atoms with Gasteiger partial charge in [-0.05, 0) is 5.92 Å². The molecule has 0 aromatic carbocycles. The summed E-state index contributed by atoms with van der Waals surface area (Å²) < 4.78 is 0. The van der Waals surface area contributed by atoms with E-state index < -0.39 is 0 Å². The van der Waals surface area contributed by atoms with Crippen molar-refractivity contribution in [2.75, 3.05) is 5.33 Å². The highest BCUT2D eigenvalue weighted by Crippen LogP contribution is 2.05. The first kappa shape index (κ1) is 9.43. The van der Waals surface area contributed by atoms with E-state index in [1.807, 2.05) is 0 Å². The van der Waals surface area contributed by atoms with E-state index in [0.29, 0.717) is 10.7 Å². The molecule has 1 aromatic heterocycles.